The maximum absolute atomic E-state index is 12.5. The number of benzene rings is 1. The third kappa shape index (κ3) is 3.15. The number of halogens is 1. The van der Waals surface area contributed by atoms with Gasteiger partial charge < -0.3 is 5.32 Å². The number of amides is 1. The van der Waals surface area contributed by atoms with E-state index in [1.54, 1.807) is 17.8 Å². The molecule has 0 unspecified atom stereocenters. The van der Waals surface area contributed by atoms with Crippen LogP contribution < -0.4 is 16.6 Å². The molecule has 1 aromatic carbocycles. The monoisotopic (exact) mass is 393 g/mol. The summed E-state index contributed by atoms with van der Waals surface area (Å²) in [5.74, 6) is -0.361. The van der Waals surface area contributed by atoms with Gasteiger partial charge in [-0.2, -0.15) is 4.98 Å². The van der Waals surface area contributed by atoms with Gasteiger partial charge in [-0.1, -0.05) is 6.07 Å². The number of carbonyl (C=O) groups is 1. The lowest BCUT2D eigenvalue weighted by molar-refractivity contribution is -0.116. The fourth-order valence-corrected chi connectivity index (χ4v) is 3.29. The standard InChI is InChI=1S/C16H16ClN5O3S/c1-20-13-12(14(24)21(2)16(20)25)22(15(17)19-13)8-11(23)18-9-5-4-6-10(7-9)26-3/h4-7H,8H2,1-3H3,(H,18,23). The number of rotatable bonds is 4. The van der Waals surface area contributed by atoms with Gasteiger partial charge in [0.25, 0.3) is 5.56 Å². The van der Waals surface area contributed by atoms with Gasteiger partial charge in [0.05, 0.1) is 0 Å². The third-order valence-electron chi connectivity index (χ3n) is 3.96. The number of hydrogen-bond acceptors (Lipinski definition) is 5. The van der Waals surface area contributed by atoms with Gasteiger partial charge in [-0.15, -0.1) is 11.8 Å². The summed E-state index contributed by atoms with van der Waals surface area (Å²) in [7, 11) is 2.86. The van der Waals surface area contributed by atoms with Crippen molar-refractivity contribution in [3.63, 3.8) is 0 Å². The molecule has 3 aromatic rings. The summed E-state index contributed by atoms with van der Waals surface area (Å²) in [6.45, 7) is -0.202. The molecule has 0 radical (unpaired) electrons. The predicted octanol–water partition coefficient (Wildman–Crippen LogP) is 1.45. The number of nitrogens with zero attached hydrogens (tertiary/aromatic N) is 4. The Hall–Kier alpha value is -2.52. The molecule has 2 aromatic heterocycles. The molecule has 2 heterocycles. The first kappa shape index (κ1) is 18.3. The molecule has 0 spiro atoms. The van der Waals surface area contributed by atoms with Gasteiger partial charge in [-0.05, 0) is 36.1 Å². The summed E-state index contributed by atoms with van der Waals surface area (Å²) in [6.07, 6.45) is 1.94. The van der Waals surface area contributed by atoms with Crippen molar-refractivity contribution < 1.29 is 4.79 Å². The first-order chi connectivity index (χ1) is 12.3. The first-order valence-electron chi connectivity index (χ1n) is 7.59. The van der Waals surface area contributed by atoms with Crippen LogP contribution in [-0.2, 0) is 25.4 Å². The maximum Gasteiger partial charge on any atom is 0.332 e. The molecule has 26 heavy (non-hydrogen) atoms. The zero-order valence-electron chi connectivity index (χ0n) is 14.3. The van der Waals surface area contributed by atoms with Crippen LogP contribution in [0.15, 0.2) is 38.8 Å². The van der Waals surface area contributed by atoms with Crippen LogP contribution in [0.25, 0.3) is 11.2 Å². The summed E-state index contributed by atoms with van der Waals surface area (Å²) >= 11 is 7.68. The molecule has 0 fully saturated rings. The second kappa shape index (κ2) is 7.00. The Morgan fingerprint density at radius 2 is 2.00 bits per heavy atom. The van der Waals surface area contributed by atoms with Crippen molar-refractivity contribution >= 4 is 46.1 Å². The van der Waals surface area contributed by atoms with E-state index in [4.69, 9.17) is 11.6 Å². The van der Waals surface area contributed by atoms with Gasteiger partial charge in [0, 0.05) is 24.7 Å². The summed E-state index contributed by atoms with van der Waals surface area (Å²) in [6, 6.07) is 7.39. The van der Waals surface area contributed by atoms with Crippen molar-refractivity contribution in [1.82, 2.24) is 18.7 Å². The van der Waals surface area contributed by atoms with Crippen LogP contribution in [0.3, 0.4) is 0 Å². The quantitative estimate of drug-likeness (QED) is 0.535. The van der Waals surface area contributed by atoms with Crippen molar-refractivity contribution in [2.75, 3.05) is 11.6 Å². The highest BCUT2D eigenvalue weighted by Gasteiger charge is 2.19. The van der Waals surface area contributed by atoms with Crippen LogP contribution in [-0.4, -0.2) is 30.8 Å². The van der Waals surface area contributed by atoms with Crippen molar-refractivity contribution in [3.8, 4) is 0 Å². The van der Waals surface area contributed by atoms with E-state index in [-0.39, 0.29) is 28.9 Å². The van der Waals surface area contributed by atoms with E-state index in [9.17, 15) is 14.4 Å². The van der Waals surface area contributed by atoms with Gasteiger partial charge in [0.15, 0.2) is 11.2 Å². The smallest absolute Gasteiger partial charge is 0.324 e. The lowest BCUT2D eigenvalue weighted by atomic mass is 10.3. The molecule has 1 N–H and O–H groups in total. The van der Waals surface area contributed by atoms with Crippen LogP contribution in [0.5, 0.6) is 0 Å². The molecule has 0 saturated carbocycles. The molecule has 1 amide bonds. The number of thioether (sulfide) groups is 1. The number of anilines is 1. The van der Waals surface area contributed by atoms with Crippen LogP contribution in [0, 0.1) is 0 Å². The molecule has 0 aliphatic rings. The highest BCUT2D eigenvalue weighted by atomic mass is 35.5. The van der Waals surface area contributed by atoms with Crippen molar-refractivity contribution in [3.05, 3.63) is 50.4 Å². The van der Waals surface area contributed by atoms with E-state index < -0.39 is 11.2 Å². The minimum absolute atomic E-state index is 0.0358. The van der Waals surface area contributed by atoms with Gasteiger partial charge in [0.1, 0.15) is 6.54 Å². The zero-order chi connectivity index (χ0) is 19.0. The Kier molecular flexibility index (Phi) is 4.92. The largest absolute Gasteiger partial charge is 0.332 e. The summed E-state index contributed by atoms with van der Waals surface area (Å²) in [5.41, 5.74) is -0.183. The predicted molar refractivity (Wildman–Crippen MR) is 102 cm³/mol. The molecular weight excluding hydrogens is 378 g/mol. The second-order valence-corrected chi connectivity index (χ2v) is 6.84. The van der Waals surface area contributed by atoms with Crippen LogP contribution in [0.1, 0.15) is 0 Å². The number of imidazole rings is 1. The van der Waals surface area contributed by atoms with Crippen LogP contribution in [0.2, 0.25) is 5.28 Å². The van der Waals surface area contributed by atoms with E-state index in [1.165, 1.54) is 23.2 Å². The minimum atomic E-state index is -0.556. The van der Waals surface area contributed by atoms with Crippen molar-refractivity contribution in [1.29, 1.82) is 0 Å². The molecule has 8 nitrogen and oxygen atoms in total. The van der Waals surface area contributed by atoms with E-state index in [0.29, 0.717) is 5.69 Å². The van der Waals surface area contributed by atoms with E-state index >= 15 is 0 Å². The Morgan fingerprint density at radius 1 is 1.27 bits per heavy atom. The number of nitrogens with one attached hydrogen (secondary N) is 1. The van der Waals surface area contributed by atoms with Gasteiger partial charge in [-0.3, -0.25) is 23.3 Å². The highest BCUT2D eigenvalue weighted by molar-refractivity contribution is 7.98. The Labute approximate surface area is 157 Å². The molecule has 10 heteroatoms. The number of fused-ring (bicyclic) bond motifs is 1. The minimum Gasteiger partial charge on any atom is -0.324 e. The SMILES string of the molecule is CSc1cccc(NC(=O)Cn2c(Cl)nc3c2c(=O)n(C)c(=O)n3C)c1. The van der Waals surface area contributed by atoms with Gasteiger partial charge in [-0.25, -0.2) is 4.79 Å². The number of aryl methyl sites for hydroxylation is 1. The molecule has 136 valence electrons. The average Bonchev–Trinajstić information content (AvgIpc) is 2.94. The number of hydrogen-bond donors (Lipinski definition) is 1. The second-order valence-electron chi connectivity index (χ2n) is 5.63. The van der Waals surface area contributed by atoms with Crippen molar-refractivity contribution in [2.24, 2.45) is 14.1 Å². The number of aromatic nitrogens is 4. The molecule has 0 saturated heterocycles. The summed E-state index contributed by atoms with van der Waals surface area (Å²) in [4.78, 5) is 41.9. The molecule has 0 bridgehead atoms. The Bertz CT molecular complexity index is 1130. The Morgan fingerprint density at radius 3 is 2.69 bits per heavy atom. The lowest BCUT2D eigenvalue weighted by Crippen LogP contribution is -2.37. The fourth-order valence-electron chi connectivity index (χ4n) is 2.61. The zero-order valence-corrected chi connectivity index (χ0v) is 15.9. The van der Waals surface area contributed by atoms with E-state index in [0.717, 1.165) is 9.46 Å². The summed E-state index contributed by atoms with van der Waals surface area (Å²) < 4.78 is 3.47. The Balaban J connectivity index is 1.98. The summed E-state index contributed by atoms with van der Waals surface area (Å²) in [5, 5.41) is 2.73. The molecule has 3 rings (SSSR count). The van der Waals surface area contributed by atoms with E-state index in [1.807, 2.05) is 24.5 Å². The van der Waals surface area contributed by atoms with Crippen LogP contribution in [0.4, 0.5) is 5.69 Å². The molecule has 0 aliphatic heterocycles. The lowest BCUT2D eigenvalue weighted by Gasteiger charge is -2.09. The highest BCUT2D eigenvalue weighted by Crippen LogP contribution is 2.20. The number of carbonyl (C=O) groups excluding carboxylic acids is 1. The third-order valence-corrected chi connectivity index (χ3v) is 4.97. The van der Waals surface area contributed by atoms with E-state index in [2.05, 4.69) is 10.3 Å². The fraction of sp³-hybridized carbons (Fsp3) is 0.250. The van der Waals surface area contributed by atoms with Gasteiger partial charge >= 0.3 is 5.69 Å². The van der Waals surface area contributed by atoms with Crippen molar-refractivity contribution in [2.45, 2.75) is 11.4 Å². The topological polar surface area (TPSA) is 90.9 Å². The van der Waals surface area contributed by atoms with Crippen LogP contribution >= 0.6 is 23.4 Å². The maximum atomic E-state index is 12.5. The molecule has 0 aliphatic carbocycles. The molecular formula is C16H16ClN5O3S. The van der Waals surface area contributed by atoms with Gasteiger partial charge in [0.2, 0.25) is 11.2 Å². The first-order valence-corrected chi connectivity index (χ1v) is 9.19. The molecule has 0 atom stereocenters. The average molecular weight is 394 g/mol. The normalized spacial score (nSPS) is 11.1.